The lowest BCUT2D eigenvalue weighted by atomic mass is 9.95. The van der Waals surface area contributed by atoms with Gasteiger partial charge in [-0.1, -0.05) is 51.1 Å². The Kier molecular flexibility index (Phi) is 4.79. The average molecular weight is 337 g/mol. The van der Waals surface area contributed by atoms with Crippen molar-refractivity contribution < 1.29 is 14.3 Å². The molecule has 0 fully saturated rings. The average Bonchev–Trinajstić information content (AvgIpc) is 3.05. The Hall–Kier alpha value is -2.75. The molecule has 0 saturated heterocycles. The summed E-state index contributed by atoms with van der Waals surface area (Å²) in [5.74, 6) is 1.37. The molecule has 0 radical (unpaired) electrons. The third kappa shape index (κ3) is 4.63. The second kappa shape index (κ2) is 7.01. The minimum Gasteiger partial charge on any atom is -0.454 e. The number of hydrogen-bond acceptors (Lipinski definition) is 3. The van der Waals surface area contributed by atoms with Crippen LogP contribution in [0.4, 0.5) is 0 Å². The smallest absolute Gasteiger partial charge is 0.251 e. The quantitative estimate of drug-likeness (QED) is 0.899. The first-order chi connectivity index (χ1) is 11.9. The molecule has 1 amide bonds. The maximum Gasteiger partial charge on any atom is 0.251 e. The van der Waals surface area contributed by atoms with Gasteiger partial charge in [-0.15, -0.1) is 0 Å². The van der Waals surface area contributed by atoms with Crippen molar-refractivity contribution in [1.82, 2.24) is 5.32 Å². The summed E-state index contributed by atoms with van der Waals surface area (Å²) in [6.07, 6.45) is 4.23. The van der Waals surface area contributed by atoms with E-state index in [9.17, 15) is 4.79 Å². The molecule has 130 valence electrons. The van der Waals surface area contributed by atoms with Crippen LogP contribution in [0.1, 0.15) is 42.3 Å². The molecule has 0 bridgehead atoms. The van der Waals surface area contributed by atoms with E-state index in [0.29, 0.717) is 12.1 Å². The van der Waals surface area contributed by atoms with Crippen molar-refractivity contribution in [2.24, 2.45) is 5.41 Å². The van der Waals surface area contributed by atoms with Crippen LogP contribution in [0.3, 0.4) is 0 Å². The predicted octanol–water partition coefficient (Wildman–Crippen LogP) is 4.40. The molecule has 1 aliphatic heterocycles. The van der Waals surface area contributed by atoms with Gasteiger partial charge < -0.3 is 14.8 Å². The SMILES string of the molecule is CC(C)(C)/C=C/c1ccc(C(=O)NCc2ccc3c(c2)OCO3)cc1. The number of fused-ring (bicyclic) bond motifs is 1. The predicted molar refractivity (Wildman–Crippen MR) is 98.7 cm³/mol. The van der Waals surface area contributed by atoms with Gasteiger partial charge in [-0.2, -0.15) is 0 Å². The number of allylic oxidation sites excluding steroid dienone is 1. The number of amides is 1. The lowest BCUT2D eigenvalue weighted by molar-refractivity contribution is 0.0951. The zero-order valence-corrected chi connectivity index (χ0v) is 14.8. The number of hydrogen-bond donors (Lipinski definition) is 1. The van der Waals surface area contributed by atoms with E-state index in [1.165, 1.54) is 0 Å². The largest absolute Gasteiger partial charge is 0.454 e. The van der Waals surface area contributed by atoms with Crippen molar-refractivity contribution in [3.8, 4) is 11.5 Å². The van der Waals surface area contributed by atoms with Crippen LogP contribution in [0.2, 0.25) is 0 Å². The van der Waals surface area contributed by atoms with Crippen molar-refractivity contribution in [1.29, 1.82) is 0 Å². The first-order valence-electron chi connectivity index (χ1n) is 8.37. The summed E-state index contributed by atoms with van der Waals surface area (Å²) in [7, 11) is 0. The first-order valence-corrected chi connectivity index (χ1v) is 8.37. The highest BCUT2D eigenvalue weighted by atomic mass is 16.7. The zero-order valence-electron chi connectivity index (χ0n) is 14.8. The molecule has 4 nitrogen and oxygen atoms in total. The number of carbonyl (C=O) groups is 1. The minimum absolute atomic E-state index is 0.0935. The highest BCUT2D eigenvalue weighted by Crippen LogP contribution is 2.32. The molecule has 1 heterocycles. The van der Waals surface area contributed by atoms with E-state index in [-0.39, 0.29) is 18.1 Å². The van der Waals surface area contributed by atoms with E-state index in [0.717, 1.165) is 22.6 Å². The molecule has 0 unspecified atom stereocenters. The number of nitrogens with one attached hydrogen (secondary N) is 1. The molecule has 4 heteroatoms. The number of rotatable bonds is 4. The van der Waals surface area contributed by atoms with Gasteiger partial charge in [0, 0.05) is 12.1 Å². The van der Waals surface area contributed by atoms with Gasteiger partial charge in [0.2, 0.25) is 6.79 Å². The van der Waals surface area contributed by atoms with Gasteiger partial charge in [0.05, 0.1) is 0 Å². The second-order valence-corrected chi connectivity index (χ2v) is 7.19. The van der Waals surface area contributed by atoms with Crippen LogP contribution in [0, 0.1) is 5.41 Å². The highest BCUT2D eigenvalue weighted by molar-refractivity contribution is 5.94. The summed E-state index contributed by atoms with van der Waals surface area (Å²) < 4.78 is 10.6. The second-order valence-electron chi connectivity index (χ2n) is 7.19. The summed E-state index contributed by atoms with van der Waals surface area (Å²) in [6, 6.07) is 13.3. The van der Waals surface area contributed by atoms with Crippen LogP contribution < -0.4 is 14.8 Å². The Morgan fingerprint density at radius 1 is 1.08 bits per heavy atom. The third-order valence-electron chi connectivity index (χ3n) is 3.84. The fraction of sp³-hybridized carbons (Fsp3) is 0.286. The lowest BCUT2D eigenvalue weighted by Gasteiger charge is -2.11. The van der Waals surface area contributed by atoms with Gasteiger partial charge in [0.25, 0.3) is 5.91 Å². The van der Waals surface area contributed by atoms with E-state index < -0.39 is 0 Å². The first kappa shape index (κ1) is 17.1. The number of carbonyl (C=O) groups excluding carboxylic acids is 1. The van der Waals surface area contributed by atoms with E-state index in [4.69, 9.17) is 9.47 Å². The normalized spacial score (nSPS) is 13.2. The lowest BCUT2D eigenvalue weighted by Crippen LogP contribution is -2.22. The molecule has 0 aliphatic carbocycles. The molecule has 25 heavy (non-hydrogen) atoms. The Morgan fingerprint density at radius 3 is 2.52 bits per heavy atom. The molecule has 0 aromatic heterocycles. The zero-order chi connectivity index (χ0) is 17.9. The summed E-state index contributed by atoms with van der Waals surface area (Å²) in [5, 5.41) is 2.93. The summed E-state index contributed by atoms with van der Waals surface area (Å²) in [6.45, 7) is 7.16. The third-order valence-corrected chi connectivity index (χ3v) is 3.84. The molecule has 1 N–H and O–H groups in total. The Bertz CT molecular complexity index is 786. The fourth-order valence-electron chi connectivity index (χ4n) is 2.43. The maximum atomic E-state index is 12.3. The van der Waals surface area contributed by atoms with Gasteiger partial charge in [0.1, 0.15) is 0 Å². The monoisotopic (exact) mass is 337 g/mol. The van der Waals surface area contributed by atoms with Crippen molar-refractivity contribution >= 4 is 12.0 Å². The van der Waals surface area contributed by atoms with Gasteiger partial charge in [-0.05, 0) is 40.8 Å². The topological polar surface area (TPSA) is 47.6 Å². The van der Waals surface area contributed by atoms with E-state index in [1.54, 1.807) is 0 Å². The van der Waals surface area contributed by atoms with E-state index in [2.05, 4.69) is 38.2 Å². The minimum atomic E-state index is -0.0935. The van der Waals surface area contributed by atoms with E-state index >= 15 is 0 Å². The molecule has 3 rings (SSSR count). The van der Waals surface area contributed by atoms with Crippen molar-refractivity contribution in [2.75, 3.05) is 6.79 Å². The molecular formula is C21H23NO3. The standard InChI is InChI=1S/C21H23NO3/c1-21(2,3)11-10-15-4-7-17(8-5-15)20(23)22-13-16-6-9-18-19(12-16)25-14-24-18/h4-12H,13-14H2,1-3H3,(H,22,23)/b11-10+. The van der Waals surface area contributed by atoms with Crippen molar-refractivity contribution in [3.05, 3.63) is 65.2 Å². The van der Waals surface area contributed by atoms with Gasteiger partial charge in [-0.25, -0.2) is 0 Å². The Morgan fingerprint density at radius 2 is 1.80 bits per heavy atom. The van der Waals surface area contributed by atoms with Gasteiger partial charge in [0.15, 0.2) is 11.5 Å². The van der Waals surface area contributed by atoms with Crippen LogP contribution in [-0.2, 0) is 6.54 Å². The fourth-order valence-corrected chi connectivity index (χ4v) is 2.43. The van der Waals surface area contributed by atoms with Gasteiger partial charge >= 0.3 is 0 Å². The molecule has 2 aromatic carbocycles. The van der Waals surface area contributed by atoms with Crippen molar-refractivity contribution in [3.63, 3.8) is 0 Å². The molecular weight excluding hydrogens is 314 g/mol. The molecule has 0 atom stereocenters. The molecule has 0 spiro atoms. The summed E-state index contributed by atoms with van der Waals surface area (Å²) in [4.78, 5) is 12.3. The van der Waals surface area contributed by atoms with Crippen molar-refractivity contribution in [2.45, 2.75) is 27.3 Å². The molecule has 0 saturated carbocycles. The van der Waals surface area contributed by atoms with Crippen LogP contribution >= 0.6 is 0 Å². The Balaban J connectivity index is 1.59. The van der Waals surface area contributed by atoms with Crippen LogP contribution in [-0.4, -0.2) is 12.7 Å². The van der Waals surface area contributed by atoms with Crippen LogP contribution in [0.5, 0.6) is 11.5 Å². The Labute approximate surface area is 148 Å². The molecule has 2 aromatic rings. The number of ether oxygens (including phenoxy) is 2. The van der Waals surface area contributed by atoms with Crippen LogP contribution in [0.15, 0.2) is 48.5 Å². The highest BCUT2D eigenvalue weighted by Gasteiger charge is 2.13. The van der Waals surface area contributed by atoms with E-state index in [1.807, 2.05) is 42.5 Å². The van der Waals surface area contributed by atoms with Crippen LogP contribution in [0.25, 0.3) is 6.08 Å². The maximum absolute atomic E-state index is 12.3. The number of benzene rings is 2. The van der Waals surface area contributed by atoms with Gasteiger partial charge in [-0.3, -0.25) is 4.79 Å². The molecule has 1 aliphatic rings. The summed E-state index contributed by atoms with van der Waals surface area (Å²) in [5.41, 5.74) is 2.85. The summed E-state index contributed by atoms with van der Waals surface area (Å²) >= 11 is 0.